The van der Waals surface area contributed by atoms with Crippen molar-refractivity contribution in [3.8, 4) is 11.3 Å². The Bertz CT molecular complexity index is 1260. The van der Waals surface area contributed by atoms with Crippen LogP contribution >= 0.6 is 23.2 Å². The van der Waals surface area contributed by atoms with Crippen molar-refractivity contribution in [2.45, 2.75) is 75.4 Å². The Morgan fingerprint density at radius 2 is 1.97 bits per heavy atom. The monoisotopic (exact) mass is 533 g/mol. The smallest absolute Gasteiger partial charge is 0.318 e. The summed E-state index contributed by atoms with van der Waals surface area (Å²) in [5, 5.41) is 7.96. The number of rotatable bonds is 3. The van der Waals surface area contributed by atoms with Crippen LogP contribution in [0.3, 0.4) is 0 Å². The molecule has 3 aliphatic carbocycles. The van der Waals surface area contributed by atoms with Gasteiger partial charge in [-0.15, -0.1) is 11.6 Å². The molecule has 192 valence electrons. The summed E-state index contributed by atoms with van der Waals surface area (Å²) in [7, 11) is 0. The first-order valence-corrected chi connectivity index (χ1v) is 13.4. The van der Waals surface area contributed by atoms with E-state index in [1.807, 2.05) is 0 Å². The van der Waals surface area contributed by atoms with E-state index in [-0.39, 0.29) is 39.0 Å². The number of benzene rings is 1. The van der Waals surface area contributed by atoms with Crippen LogP contribution in [0.15, 0.2) is 18.2 Å². The molecule has 2 aromatic rings. The summed E-state index contributed by atoms with van der Waals surface area (Å²) in [5.74, 6) is -0.765. The number of amides is 3. The Morgan fingerprint density at radius 1 is 1.19 bits per heavy atom. The summed E-state index contributed by atoms with van der Waals surface area (Å²) in [6.45, 7) is 3.39. The summed E-state index contributed by atoms with van der Waals surface area (Å²) < 4.78 is 15.4. The molecule has 6 rings (SSSR count). The fourth-order valence-corrected chi connectivity index (χ4v) is 8.50. The van der Waals surface area contributed by atoms with Gasteiger partial charge in [-0.05, 0) is 74.5 Å². The molecule has 0 saturated heterocycles. The van der Waals surface area contributed by atoms with E-state index in [4.69, 9.17) is 28.9 Å². The van der Waals surface area contributed by atoms with Crippen molar-refractivity contribution in [2.24, 2.45) is 17.1 Å². The van der Waals surface area contributed by atoms with Gasteiger partial charge < -0.3 is 16.0 Å². The van der Waals surface area contributed by atoms with Gasteiger partial charge in [-0.2, -0.15) is 5.10 Å². The number of fused-ring (bicyclic) bond motifs is 3. The van der Waals surface area contributed by atoms with Gasteiger partial charge in [0.1, 0.15) is 11.5 Å². The third kappa shape index (κ3) is 3.79. The number of halogens is 3. The quantitative estimate of drug-likeness (QED) is 0.538. The first-order valence-electron chi connectivity index (χ1n) is 12.6. The van der Waals surface area contributed by atoms with Crippen LogP contribution in [0.4, 0.5) is 9.18 Å². The van der Waals surface area contributed by atoms with Crippen molar-refractivity contribution in [2.75, 3.05) is 6.54 Å². The van der Waals surface area contributed by atoms with E-state index in [0.29, 0.717) is 36.0 Å². The molecule has 0 spiro atoms. The highest BCUT2D eigenvalue weighted by Crippen LogP contribution is 2.63. The lowest BCUT2D eigenvalue weighted by Gasteiger charge is -2.63. The molecular formula is C26H30Cl2FN5O2. The largest absolute Gasteiger partial charge is 0.365 e. The van der Waals surface area contributed by atoms with Crippen molar-refractivity contribution in [1.29, 1.82) is 0 Å². The van der Waals surface area contributed by atoms with Crippen LogP contribution in [-0.4, -0.2) is 43.6 Å². The van der Waals surface area contributed by atoms with Gasteiger partial charge in [-0.1, -0.05) is 18.5 Å². The number of aromatic nitrogens is 2. The standard InChI is InChI=1S/C26H30Cl2FN5O2/c1-24-6-4-16-5-7-25(28,12-24)14-26(16,13-24)31-23(36)33-8-9-34-19(11-33)20(22(30)35)21(32-34)15-2-3-18(29)17(27)10-15/h2-3,10,16H,4-9,11-14H2,1H3,(H2,30,35)(H,31,36). The first-order chi connectivity index (χ1) is 17.0. The Kier molecular flexibility index (Phi) is 5.40. The second-order valence-electron chi connectivity index (χ2n) is 11.7. The van der Waals surface area contributed by atoms with Crippen LogP contribution in [0.5, 0.6) is 0 Å². The molecule has 7 nitrogen and oxygen atoms in total. The molecule has 4 aliphatic rings. The molecule has 0 radical (unpaired) electrons. The van der Waals surface area contributed by atoms with Crippen molar-refractivity contribution < 1.29 is 14.0 Å². The minimum Gasteiger partial charge on any atom is -0.365 e. The second kappa shape index (κ2) is 8.09. The van der Waals surface area contributed by atoms with Gasteiger partial charge in [0.25, 0.3) is 5.91 Å². The number of alkyl halides is 1. The number of nitrogens with two attached hydrogens (primary N) is 1. The Labute approximate surface area is 219 Å². The minimum atomic E-state index is -0.649. The van der Waals surface area contributed by atoms with Gasteiger partial charge >= 0.3 is 6.03 Å². The number of urea groups is 1. The SMILES string of the molecule is CC12CCC3CCC(Cl)(C1)CC3(NC(=O)N1CCn3nc(-c4ccc(F)c(Cl)c4)c(C(N)=O)c3C1)C2. The fraction of sp³-hybridized carbons (Fsp3) is 0.577. The normalized spacial score (nSPS) is 32.8. The maximum atomic E-state index is 13.7. The number of hydrogen-bond donors (Lipinski definition) is 2. The zero-order valence-electron chi connectivity index (χ0n) is 20.2. The van der Waals surface area contributed by atoms with Crippen LogP contribution in [0.25, 0.3) is 11.3 Å². The van der Waals surface area contributed by atoms with Crippen LogP contribution < -0.4 is 11.1 Å². The molecular weight excluding hydrogens is 504 g/mol. The highest BCUT2D eigenvalue weighted by Gasteiger charge is 2.61. The third-order valence-electron chi connectivity index (χ3n) is 9.00. The third-order valence-corrected chi connectivity index (χ3v) is 9.75. The van der Waals surface area contributed by atoms with Crippen molar-refractivity contribution in [3.63, 3.8) is 0 Å². The summed E-state index contributed by atoms with van der Waals surface area (Å²) in [5.41, 5.74) is 7.27. The van der Waals surface area contributed by atoms with E-state index in [0.717, 1.165) is 44.9 Å². The van der Waals surface area contributed by atoms with Crippen LogP contribution in [0.2, 0.25) is 5.02 Å². The Hall–Kier alpha value is -2.32. The predicted octanol–water partition coefficient (Wildman–Crippen LogP) is 5.08. The van der Waals surface area contributed by atoms with Crippen molar-refractivity contribution >= 4 is 35.1 Å². The van der Waals surface area contributed by atoms with Gasteiger partial charge in [0.15, 0.2) is 0 Å². The molecule has 3 amide bonds. The highest BCUT2D eigenvalue weighted by molar-refractivity contribution is 6.31. The fourth-order valence-electron chi connectivity index (χ4n) is 7.65. The van der Waals surface area contributed by atoms with E-state index < -0.39 is 11.7 Å². The highest BCUT2D eigenvalue weighted by atomic mass is 35.5. The summed E-state index contributed by atoms with van der Waals surface area (Å²) in [4.78, 5) is 27.6. The maximum absolute atomic E-state index is 13.7. The number of hydrogen-bond acceptors (Lipinski definition) is 3. The molecule has 1 aromatic heterocycles. The van der Waals surface area contributed by atoms with Crippen molar-refractivity contribution in [3.05, 3.63) is 40.3 Å². The zero-order valence-corrected chi connectivity index (χ0v) is 21.8. The predicted molar refractivity (Wildman–Crippen MR) is 135 cm³/mol. The molecule has 3 bridgehead atoms. The lowest BCUT2D eigenvalue weighted by atomic mass is 9.48. The van der Waals surface area contributed by atoms with E-state index in [9.17, 15) is 14.0 Å². The van der Waals surface area contributed by atoms with E-state index in [1.165, 1.54) is 18.2 Å². The van der Waals surface area contributed by atoms with Gasteiger partial charge in [0, 0.05) is 22.5 Å². The van der Waals surface area contributed by atoms with Crippen LogP contribution in [0.1, 0.15) is 67.9 Å². The number of nitrogens with one attached hydrogen (secondary N) is 1. The molecule has 3 N–H and O–H groups in total. The maximum Gasteiger partial charge on any atom is 0.318 e. The zero-order chi connectivity index (χ0) is 25.5. The van der Waals surface area contributed by atoms with E-state index in [1.54, 1.807) is 9.58 Å². The lowest BCUT2D eigenvalue weighted by Crippen LogP contribution is -2.68. The Balaban J connectivity index is 1.28. The van der Waals surface area contributed by atoms with Crippen LogP contribution in [-0.2, 0) is 13.1 Å². The molecule has 1 aromatic carbocycles. The first kappa shape index (κ1) is 24.0. The molecule has 4 atom stereocenters. The van der Waals surface area contributed by atoms with Gasteiger partial charge in [-0.25, -0.2) is 9.18 Å². The second-order valence-corrected chi connectivity index (χ2v) is 12.9. The average Bonchev–Trinajstić information content (AvgIpc) is 3.18. The summed E-state index contributed by atoms with van der Waals surface area (Å²) in [6.07, 6.45) is 7.10. The molecule has 36 heavy (non-hydrogen) atoms. The molecule has 10 heteroatoms. The van der Waals surface area contributed by atoms with Crippen LogP contribution in [0, 0.1) is 17.2 Å². The van der Waals surface area contributed by atoms with Gasteiger partial charge in [0.05, 0.1) is 29.4 Å². The van der Waals surface area contributed by atoms with E-state index >= 15 is 0 Å². The summed E-state index contributed by atoms with van der Waals surface area (Å²) in [6, 6.07) is 4.05. The lowest BCUT2D eigenvalue weighted by molar-refractivity contribution is -0.0484. The number of carbonyl (C=O) groups is 2. The number of nitrogens with zero attached hydrogens (tertiary/aromatic N) is 3. The van der Waals surface area contributed by atoms with Crippen molar-refractivity contribution in [1.82, 2.24) is 20.0 Å². The van der Waals surface area contributed by atoms with Gasteiger partial charge in [-0.3, -0.25) is 9.48 Å². The van der Waals surface area contributed by atoms with Gasteiger partial charge in [0.2, 0.25) is 0 Å². The number of carbonyl (C=O) groups excluding carboxylic acids is 2. The number of primary amides is 1. The molecule has 2 heterocycles. The molecule has 3 fully saturated rings. The average molecular weight is 534 g/mol. The Morgan fingerprint density at radius 3 is 2.72 bits per heavy atom. The molecule has 1 aliphatic heterocycles. The van der Waals surface area contributed by atoms with E-state index in [2.05, 4.69) is 17.3 Å². The molecule has 4 unspecified atom stereocenters. The topological polar surface area (TPSA) is 93.2 Å². The molecule has 3 saturated carbocycles. The summed E-state index contributed by atoms with van der Waals surface area (Å²) >= 11 is 13.1. The minimum absolute atomic E-state index is 0.0625.